The van der Waals surface area contributed by atoms with Gasteiger partial charge in [0, 0.05) is 25.4 Å². The number of piperidine rings is 1. The van der Waals surface area contributed by atoms with Gasteiger partial charge in [-0.3, -0.25) is 9.58 Å². The van der Waals surface area contributed by atoms with Gasteiger partial charge < -0.3 is 5.73 Å². The van der Waals surface area contributed by atoms with E-state index < -0.39 is 0 Å². The Hall–Kier alpha value is -0.870. The molecule has 1 aromatic heterocycles. The topological polar surface area (TPSA) is 47.1 Å². The van der Waals surface area contributed by atoms with Gasteiger partial charge in [-0.15, -0.1) is 0 Å². The van der Waals surface area contributed by atoms with Gasteiger partial charge in [-0.25, -0.2) is 0 Å². The molecule has 0 atom stereocenters. The molecule has 17 heavy (non-hydrogen) atoms. The first-order valence-corrected chi connectivity index (χ1v) is 6.66. The van der Waals surface area contributed by atoms with Crippen molar-refractivity contribution in [3.63, 3.8) is 0 Å². The van der Waals surface area contributed by atoms with Crippen LogP contribution in [0.1, 0.15) is 31.0 Å². The molecule has 0 aromatic carbocycles. The Kier molecular flexibility index (Phi) is 4.18. The summed E-state index contributed by atoms with van der Waals surface area (Å²) in [7, 11) is 2.00. The van der Waals surface area contributed by atoms with Crippen molar-refractivity contribution in [2.75, 3.05) is 19.6 Å². The molecule has 0 unspecified atom stereocenters. The van der Waals surface area contributed by atoms with Crippen LogP contribution in [0.3, 0.4) is 0 Å². The Labute approximate surface area is 104 Å². The first kappa shape index (κ1) is 12.6. The van der Waals surface area contributed by atoms with Gasteiger partial charge in [0.15, 0.2) is 0 Å². The van der Waals surface area contributed by atoms with Crippen LogP contribution in [-0.2, 0) is 20.0 Å². The van der Waals surface area contributed by atoms with Gasteiger partial charge in [0.2, 0.25) is 0 Å². The highest BCUT2D eigenvalue weighted by Gasteiger charge is 2.19. The van der Waals surface area contributed by atoms with E-state index in [4.69, 9.17) is 5.73 Å². The van der Waals surface area contributed by atoms with Crippen LogP contribution in [0.4, 0.5) is 0 Å². The number of hydrogen-bond donors (Lipinski definition) is 1. The minimum Gasteiger partial charge on any atom is -0.330 e. The molecule has 2 N–H and O–H groups in total. The molecule has 0 radical (unpaired) electrons. The van der Waals surface area contributed by atoms with E-state index in [2.05, 4.69) is 23.1 Å². The molecular weight excluding hydrogens is 212 g/mol. The van der Waals surface area contributed by atoms with Gasteiger partial charge in [0.1, 0.15) is 0 Å². The summed E-state index contributed by atoms with van der Waals surface area (Å²) in [5.74, 6) is 0.741. The average molecular weight is 236 g/mol. The summed E-state index contributed by atoms with van der Waals surface area (Å²) < 4.78 is 1.93. The van der Waals surface area contributed by atoms with Gasteiger partial charge in [0.05, 0.1) is 5.69 Å². The van der Waals surface area contributed by atoms with E-state index in [9.17, 15) is 0 Å². The zero-order valence-corrected chi connectivity index (χ0v) is 11.0. The van der Waals surface area contributed by atoms with Crippen molar-refractivity contribution in [1.82, 2.24) is 14.7 Å². The molecule has 0 spiro atoms. The molecular formula is C13H24N4. The van der Waals surface area contributed by atoms with Gasteiger partial charge in [-0.05, 0) is 44.8 Å². The number of likely N-dealkylation sites (tertiary alicyclic amines) is 1. The van der Waals surface area contributed by atoms with Gasteiger partial charge in [-0.2, -0.15) is 5.10 Å². The smallest absolute Gasteiger partial charge is 0.0666 e. The van der Waals surface area contributed by atoms with Crippen LogP contribution in [0, 0.1) is 5.92 Å². The van der Waals surface area contributed by atoms with E-state index in [1.165, 1.54) is 37.2 Å². The fraction of sp³-hybridized carbons (Fsp3) is 0.769. The highest BCUT2D eigenvalue weighted by Crippen LogP contribution is 2.19. The van der Waals surface area contributed by atoms with E-state index in [-0.39, 0.29) is 0 Å². The second kappa shape index (κ2) is 5.65. The lowest BCUT2D eigenvalue weighted by Gasteiger charge is -2.31. The lowest BCUT2D eigenvalue weighted by molar-refractivity contribution is 0.180. The van der Waals surface area contributed by atoms with E-state index in [0.717, 1.165) is 25.4 Å². The molecule has 2 heterocycles. The molecule has 1 saturated heterocycles. The van der Waals surface area contributed by atoms with Crippen molar-refractivity contribution in [2.45, 2.75) is 32.7 Å². The molecule has 0 amide bonds. The van der Waals surface area contributed by atoms with Crippen molar-refractivity contribution in [3.05, 3.63) is 17.5 Å². The molecule has 0 bridgehead atoms. The van der Waals surface area contributed by atoms with Crippen LogP contribution in [0.5, 0.6) is 0 Å². The van der Waals surface area contributed by atoms with Crippen molar-refractivity contribution >= 4 is 0 Å². The first-order chi connectivity index (χ1) is 8.22. The van der Waals surface area contributed by atoms with Crippen molar-refractivity contribution < 1.29 is 0 Å². The second-order valence-electron chi connectivity index (χ2n) is 5.08. The molecule has 96 valence electrons. The zero-order chi connectivity index (χ0) is 12.3. The number of nitrogens with zero attached hydrogens (tertiary/aromatic N) is 3. The Balaban J connectivity index is 1.92. The summed E-state index contributed by atoms with van der Waals surface area (Å²) in [6, 6.07) is 0. The largest absolute Gasteiger partial charge is 0.330 e. The van der Waals surface area contributed by atoms with Gasteiger partial charge in [-0.1, -0.05) is 6.92 Å². The van der Waals surface area contributed by atoms with E-state index in [1.807, 2.05) is 11.7 Å². The predicted molar refractivity (Wildman–Crippen MR) is 69.6 cm³/mol. The number of aryl methyl sites for hydroxylation is 2. The standard InChI is InChI=1S/C13H24N4/c1-3-13-12(9-16(2)15-13)10-17-6-4-11(8-14)5-7-17/h9,11H,3-8,10,14H2,1-2H3. The maximum absolute atomic E-state index is 5.72. The summed E-state index contributed by atoms with van der Waals surface area (Å²) in [6.07, 6.45) is 5.68. The molecule has 1 fully saturated rings. The third kappa shape index (κ3) is 3.07. The van der Waals surface area contributed by atoms with Crippen LogP contribution in [0.2, 0.25) is 0 Å². The van der Waals surface area contributed by atoms with Crippen LogP contribution in [0.25, 0.3) is 0 Å². The summed E-state index contributed by atoms with van der Waals surface area (Å²) in [4.78, 5) is 2.53. The average Bonchev–Trinajstić information content (AvgIpc) is 2.70. The fourth-order valence-corrected chi connectivity index (χ4v) is 2.63. The second-order valence-corrected chi connectivity index (χ2v) is 5.08. The highest BCUT2D eigenvalue weighted by atomic mass is 15.3. The van der Waals surface area contributed by atoms with Crippen LogP contribution >= 0.6 is 0 Å². The Morgan fingerprint density at radius 2 is 2.12 bits per heavy atom. The molecule has 1 aliphatic rings. The molecule has 1 aromatic rings. The summed E-state index contributed by atoms with van der Waals surface area (Å²) in [6.45, 7) is 6.43. The molecule has 4 heteroatoms. The monoisotopic (exact) mass is 236 g/mol. The lowest BCUT2D eigenvalue weighted by Crippen LogP contribution is -2.35. The number of rotatable bonds is 4. The summed E-state index contributed by atoms with van der Waals surface area (Å²) >= 11 is 0. The Bertz CT molecular complexity index is 350. The molecule has 0 saturated carbocycles. The van der Waals surface area contributed by atoms with E-state index in [1.54, 1.807) is 0 Å². The van der Waals surface area contributed by atoms with Crippen LogP contribution in [0.15, 0.2) is 6.20 Å². The third-order valence-corrected chi connectivity index (χ3v) is 3.76. The van der Waals surface area contributed by atoms with Crippen molar-refractivity contribution in [1.29, 1.82) is 0 Å². The maximum atomic E-state index is 5.72. The van der Waals surface area contributed by atoms with Crippen LogP contribution < -0.4 is 5.73 Å². The molecule has 0 aliphatic carbocycles. The van der Waals surface area contributed by atoms with Crippen molar-refractivity contribution in [2.24, 2.45) is 18.7 Å². The maximum Gasteiger partial charge on any atom is 0.0666 e. The minimum atomic E-state index is 0.741. The van der Waals surface area contributed by atoms with E-state index in [0.29, 0.717) is 0 Å². The predicted octanol–water partition coefficient (Wildman–Crippen LogP) is 1.15. The Morgan fingerprint density at radius 3 is 2.71 bits per heavy atom. The summed E-state index contributed by atoms with van der Waals surface area (Å²) in [5.41, 5.74) is 8.35. The van der Waals surface area contributed by atoms with Crippen molar-refractivity contribution in [3.8, 4) is 0 Å². The van der Waals surface area contributed by atoms with E-state index >= 15 is 0 Å². The lowest BCUT2D eigenvalue weighted by atomic mass is 9.97. The minimum absolute atomic E-state index is 0.741. The zero-order valence-electron chi connectivity index (χ0n) is 11.0. The summed E-state index contributed by atoms with van der Waals surface area (Å²) in [5, 5.41) is 4.50. The van der Waals surface area contributed by atoms with Gasteiger partial charge >= 0.3 is 0 Å². The number of hydrogen-bond acceptors (Lipinski definition) is 3. The Morgan fingerprint density at radius 1 is 1.41 bits per heavy atom. The SMILES string of the molecule is CCc1nn(C)cc1CN1CCC(CN)CC1. The number of aromatic nitrogens is 2. The normalized spacial score (nSPS) is 18.8. The number of nitrogens with two attached hydrogens (primary N) is 1. The molecule has 4 nitrogen and oxygen atoms in total. The molecule has 2 rings (SSSR count). The van der Waals surface area contributed by atoms with Crippen LogP contribution in [-0.4, -0.2) is 34.3 Å². The quantitative estimate of drug-likeness (QED) is 0.853. The molecule has 1 aliphatic heterocycles. The van der Waals surface area contributed by atoms with Gasteiger partial charge in [0.25, 0.3) is 0 Å². The third-order valence-electron chi connectivity index (χ3n) is 3.76. The fourth-order valence-electron chi connectivity index (χ4n) is 2.63. The first-order valence-electron chi connectivity index (χ1n) is 6.66. The highest BCUT2D eigenvalue weighted by molar-refractivity contribution is 5.16.